The maximum atomic E-state index is 12.5. The molecule has 4 rings (SSSR count). The molecule has 1 amide bonds. The van der Waals surface area contributed by atoms with Gasteiger partial charge in [0.1, 0.15) is 12.4 Å². The summed E-state index contributed by atoms with van der Waals surface area (Å²) in [6.45, 7) is 6.25. The smallest absolute Gasteiger partial charge is 0.254 e. The van der Waals surface area contributed by atoms with Gasteiger partial charge in [-0.2, -0.15) is 5.10 Å². The number of fused-ring (bicyclic) bond motifs is 1. The molecule has 0 unspecified atom stereocenters. The molecule has 1 aliphatic heterocycles. The molecule has 0 saturated carbocycles. The highest BCUT2D eigenvalue weighted by Crippen LogP contribution is 2.28. The second-order valence-electron chi connectivity index (χ2n) is 7.64. The zero-order valence-corrected chi connectivity index (χ0v) is 16.3. The lowest BCUT2D eigenvalue weighted by Crippen LogP contribution is -2.25. The van der Waals surface area contributed by atoms with Crippen molar-refractivity contribution in [3.63, 3.8) is 0 Å². The average molecular weight is 375 g/mol. The van der Waals surface area contributed by atoms with Crippen molar-refractivity contribution in [2.24, 2.45) is 5.92 Å². The van der Waals surface area contributed by atoms with Crippen LogP contribution in [0.5, 0.6) is 5.75 Å². The summed E-state index contributed by atoms with van der Waals surface area (Å²) in [5.74, 6) is 1.49. The predicted molar refractivity (Wildman–Crippen MR) is 109 cm³/mol. The van der Waals surface area contributed by atoms with Gasteiger partial charge in [-0.1, -0.05) is 44.2 Å². The quantitative estimate of drug-likeness (QED) is 0.653. The molecule has 1 aromatic heterocycles. The summed E-state index contributed by atoms with van der Waals surface area (Å²) in [6, 6.07) is 15.8. The number of carbonyl (C=O) groups excluding carboxylic acids is 1. The Labute approximate surface area is 165 Å². The number of rotatable bonds is 7. The minimum Gasteiger partial charge on any atom is -0.489 e. The van der Waals surface area contributed by atoms with Crippen LogP contribution in [0.25, 0.3) is 11.3 Å². The molecule has 0 fully saturated rings. The number of aromatic nitrogens is 2. The maximum absolute atomic E-state index is 12.5. The van der Waals surface area contributed by atoms with E-state index in [0.29, 0.717) is 19.1 Å². The van der Waals surface area contributed by atoms with E-state index in [2.05, 4.69) is 24.0 Å². The number of H-pyrrole nitrogens is 1. The molecule has 0 spiro atoms. The van der Waals surface area contributed by atoms with Crippen molar-refractivity contribution in [2.75, 3.05) is 6.54 Å². The molecule has 1 N–H and O–H groups in total. The summed E-state index contributed by atoms with van der Waals surface area (Å²) in [4.78, 5) is 14.5. The fourth-order valence-corrected chi connectivity index (χ4v) is 3.47. The minimum absolute atomic E-state index is 0.128. The molecule has 5 heteroatoms. The van der Waals surface area contributed by atoms with Crippen LogP contribution in [-0.4, -0.2) is 27.5 Å². The third kappa shape index (κ3) is 3.79. The van der Waals surface area contributed by atoms with Crippen molar-refractivity contribution in [1.29, 1.82) is 0 Å². The van der Waals surface area contributed by atoms with Crippen LogP contribution >= 0.6 is 0 Å². The number of nitrogens with zero attached hydrogens (tertiary/aromatic N) is 2. The lowest BCUT2D eigenvalue weighted by molar-refractivity contribution is 0.0771. The van der Waals surface area contributed by atoms with E-state index in [4.69, 9.17) is 4.74 Å². The molecule has 2 aromatic carbocycles. The fraction of sp³-hybridized carbons (Fsp3) is 0.304. The van der Waals surface area contributed by atoms with E-state index >= 15 is 0 Å². The number of hydrogen-bond acceptors (Lipinski definition) is 3. The van der Waals surface area contributed by atoms with Crippen LogP contribution in [0.2, 0.25) is 0 Å². The number of amides is 1. The van der Waals surface area contributed by atoms with Gasteiger partial charge in [0.2, 0.25) is 0 Å². The van der Waals surface area contributed by atoms with Gasteiger partial charge in [0.05, 0.1) is 5.69 Å². The van der Waals surface area contributed by atoms with Crippen LogP contribution in [0.1, 0.15) is 41.8 Å². The normalized spacial score (nSPS) is 13.2. The highest BCUT2D eigenvalue weighted by molar-refractivity contribution is 5.98. The summed E-state index contributed by atoms with van der Waals surface area (Å²) in [6.07, 6.45) is 2.89. The van der Waals surface area contributed by atoms with E-state index in [1.165, 1.54) is 0 Å². The summed E-state index contributed by atoms with van der Waals surface area (Å²) >= 11 is 0. The topological polar surface area (TPSA) is 58.2 Å². The average Bonchev–Trinajstić information content (AvgIpc) is 3.30. The van der Waals surface area contributed by atoms with E-state index in [-0.39, 0.29) is 5.91 Å². The number of benzene rings is 2. The zero-order valence-electron chi connectivity index (χ0n) is 16.3. The second-order valence-corrected chi connectivity index (χ2v) is 7.64. The Bertz CT molecular complexity index is 963. The van der Waals surface area contributed by atoms with E-state index in [9.17, 15) is 4.79 Å². The summed E-state index contributed by atoms with van der Waals surface area (Å²) in [5, 5.41) is 7.28. The van der Waals surface area contributed by atoms with Gasteiger partial charge in [0.15, 0.2) is 0 Å². The van der Waals surface area contributed by atoms with Gasteiger partial charge in [-0.05, 0) is 36.1 Å². The third-order valence-electron chi connectivity index (χ3n) is 5.09. The molecule has 5 nitrogen and oxygen atoms in total. The van der Waals surface area contributed by atoms with Crippen molar-refractivity contribution in [3.05, 3.63) is 71.4 Å². The number of carbonyl (C=O) groups is 1. The Hall–Kier alpha value is -3.08. The van der Waals surface area contributed by atoms with E-state index in [0.717, 1.165) is 46.7 Å². The van der Waals surface area contributed by atoms with Crippen LogP contribution in [0, 0.1) is 5.92 Å². The summed E-state index contributed by atoms with van der Waals surface area (Å²) < 4.78 is 6.02. The van der Waals surface area contributed by atoms with Gasteiger partial charge >= 0.3 is 0 Å². The van der Waals surface area contributed by atoms with Crippen LogP contribution in [-0.2, 0) is 13.2 Å². The van der Waals surface area contributed by atoms with Gasteiger partial charge in [0.25, 0.3) is 5.91 Å². The first-order chi connectivity index (χ1) is 13.6. The number of aromatic amines is 1. The molecule has 0 radical (unpaired) electrons. The zero-order chi connectivity index (χ0) is 19.5. The number of ether oxygens (including phenoxy) is 1. The highest BCUT2D eigenvalue weighted by atomic mass is 16.5. The van der Waals surface area contributed by atoms with Crippen molar-refractivity contribution in [3.8, 4) is 17.0 Å². The predicted octanol–water partition coefficient (Wildman–Crippen LogP) is 4.66. The Balaban J connectivity index is 1.44. The molecule has 0 bridgehead atoms. The van der Waals surface area contributed by atoms with Crippen molar-refractivity contribution >= 4 is 5.91 Å². The van der Waals surface area contributed by atoms with Crippen molar-refractivity contribution in [2.45, 2.75) is 33.4 Å². The second kappa shape index (κ2) is 7.89. The Morgan fingerprint density at radius 2 is 2.00 bits per heavy atom. The molecule has 1 aliphatic rings. The van der Waals surface area contributed by atoms with Crippen LogP contribution in [0.3, 0.4) is 0 Å². The summed E-state index contributed by atoms with van der Waals surface area (Å²) in [7, 11) is 0. The third-order valence-corrected chi connectivity index (χ3v) is 5.09. The van der Waals surface area contributed by atoms with Gasteiger partial charge in [-0.25, -0.2) is 0 Å². The molecule has 0 atom stereocenters. The number of nitrogens with one attached hydrogen (secondary N) is 1. The molecular formula is C23H25N3O2. The van der Waals surface area contributed by atoms with Crippen LogP contribution in [0.15, 0.2) is 54.7 Å². The van der Waals surface area contributed by atoms with Crippen LogP contribution < -0.4 is 4.74 Å². The Morgan fingerprint density at radius 1 is 1.18 bits per heavy atom. The van der Waals surface area contributed by atoms with Crippen molar-refractivity contribution in [1.82, 2.24) is 15.1 Å². The standard InChI is InChI=1S/C23H25N3O2/c1-16(2)10-11-26-14-18-12-20(8-9-21(18)23(26)27)28-15-19-13-24-25-22(19)17-6-4-3-5-7-17/h3-9,12-13,16H,10-11,14-15H2,1-2H3,(H,24,25). The minimum atomic E-state index is 0.128. The molecule has 28 heavy (non-hydrogen) atoms. The van der Waals surface area contributed by atoms with Crippen LogP contribution in [0.4, 0.5) is 0 Å². The highest BCUT2D eigenvalue weighted by Gasteiger charge is 2.27. The molecule has 144 valence electrons. The first kappa shape index (κ1) is 18.3. The largest absolute Gasteiger partial charge is 0.489 e. The molecule has 0 aliphatic carbocycles. The van der Waals surface area contributed by atoms with Gasteiger partial charge in [0, 0.05) is 36.0 Å². The van der Waals surface area contributed by atoms with Crippen molar-refractivity contribution < 1.29 is 9.53 Å². The summed E-state index contributed by atoms with van der Waals surface area (Å²) in [5.41, 5.74) is 4.80. The van der Waals surface area contributed by atoms with Gasteiger partial charge in [-0.15, -0.1) is 0 Å². The monoisotopic (exact) mass is 375 g/mol. The molecule has 3 aromatic rings. The molecule has 0 saturated heterocycles. The lowest BCUT2D eigenvalue weighted by Gasteiger charge is -2.16. The Morgan fingerprint density at radius 3 is 2.79 bits per heavy atom. The van der Waals surface area contributed by atoms with E-state index in [1.807, 2.05) is 59.6 Å². The van der Waals surface area contributed by atoms with Gasteiger partial charge < -0.3 is 9.64 Å². The first-order valence-corrected chi connectivity index (χ1v) is 9.75. The SMILES string of the molecule is CC(C)CCN1Cc2cc(OCc3c[nH]nc3-c3ccccc3)ccc2C1=O. The van der Waals surface area contributed by atoms with E-state index < -0.39 is 0 Å². The maximum Gasteiger partial charge on any atom is 0.254 e. The number of hydrogen-bond donors (Lipinski definition) is 1. The lowest BCUT2D eigenvalue weighted by atomic mass is 10.1. The fourth-order valence-electron chi connectivity index (χ4n) is 3.47. The van der Waals surface area contributed by atoms with E-state index in [1.54, 1.807) is 0 Å². The first-order valence-electron chi connectivity index (χ1n) is 9.75. The Kier molecular flexibility index (Phi) is 5.15. The molecular weight excluding hydrogens is 350 g/mol. The molecule has 2 heterocycles. The van der Waals surface area contributed by atoms with Gasteiger partial charge in [-0.3, -0.25) is 9.89 Å².